The first-order chi connectivity index (χ1) is 13.1. The van der Waals surface area contributed by atoms with Crippen molar-refractivity contribution < 1.29 is 9.90 Å². The number of nitrogens with zero attached hydrogens (tertiary/aromatic N) is 2. The fourth-order valence-electron chi connectivity index (χ4n) is 3.24. The van der Waals surface area contributed by atoms with Crippen LogP contribution in [0.3, 0.4) is 0 Å². The molecular weight excluding hydrogens is 360 g/mol. The summed E-state index contributed by atoms with van der Waals surface area (Å²) in [5.74, 6) is -0.376. The zero-order valence-electron chi connectivity index (χ0n) is 15.5. The van der Waals surface area contributed by atoms with E-state index in [1.807, 2.05) is 30.3 Å². The first-order valence-electron chi connectivity index (χ1n) is 9.40. The molecule has 3 aromatic rings. The number of hydrogen-bond acceptors (Lipinski definition) is 4. The lowest BCUT2D eigenvalue weighted by Gasteiger charge is -2.13. The quantitative estimate of drug-likeness (QED) is 0.542. The minimum Gasteiger partial charge on any atom is -0.478 e. The summed E-state index contributed by atoms with van der Waals surface area (Å²) in [5, 5.41) is 11.1. The minimum absolute atomic E-state index is 0.0542. The van der Waals surface area contributed by atoms with Gasteiger partial charge in [-0.05, 0) is 12.0 Å². The Morgan fingerprint density at radius 2 is 1.89 bits per heavy atom. The molecule has 1 aromatic carbocycles. The van der Waals surface area contributed by atoms with Crippen LogP contribution in [0.25, 0.3) is 10.2 Å². The van der Waals surface area contributed by atoms with Gasteiger partial charge in [-0.1, -0.05) is 62.9 Å². The number of benzene rings is 1. The summed E-state index contributed by atoms with van der Waals surface area (Å²) >= 11 is 1.22. The maximum absolute atomic E-state index is 13.1. The van der Waals surface area contributed by atoms with Crippen LogP contribution < -0.4 is 5.56 Å². The van der Waals surface area contributed by atoms with Crippen molar-refractivity contribution in [3.63, 3.8) is 0 Å². The Bertz CT molecular complexity index is 976. The first-order valence-corrected chi connectivity index (χ1v) is 10.3. The van der Waals surface area contributed by atoms with Crippen molar-refractivity contribution in [2.24, 2.45) is 0 Å². The molecule has 0 spiro atoms. The molecule has 0 saturated heterocycles. The Labute approximate surface area is 162 Å². The minimum atomic E-state index is -1.08. The Balaban J connectivity index is 1.99. The van der Waals surface area contributed by atoms with E-state index in [4.69, 9.17) is 0 Å². The second-order valence-electron chi connectivity index (χ2n) is 6.70. The summed E-state index contributed by atoms with van der Waals surface area (Å²) < 4.78 is 1.68. The molecule has 0 bridgehead atoms. The molecule has 0 unspecified atom stereocenters. The van der Waals surface area contributed by atoms with E-state index in [0.29, 0.717) is 23.6 Å². The number of fused-ring (bicyclic) bond motifs is 1. The van der Waals surface area contributed by atoms with Crippen LogP contribution >= 0.6 is 11.3 Å². The van der Waals surface area contributed by atoms with Gasteiger partial charge in [-0.2, -0.15) is 0 Å². The molecule has 0 aliphatic rings. The zero-order chi connectivity index (χ0) is 19.2. The summed E-state index contributed by atoms with van der Waals surface area (Å²) in [6, 6.07) is 9.92. The smallest absolute Gasteiger partial charge is 0.337 e. The molecule has 27 heavy (non-hydrogen) atoms. The van der Waals surface area contributed by atoms with Gasteiger partial charge in [0.15, 0.2) is 0 Å². The lowest BCUT2D eigenvalue weighted by Crippen LogP contribution is -2.26. The van der Waals surface area contributed by atoms with E-state index in [0.717, 1.165) is 24.8 Å². The molecule has 6 heteroatoms. The largest absolute Gasteiger partial charge is 0.478 e. The molecular formula is C21H24N2O3S. The van der Waals surface area contributed by atoms with Gasteiger partial charge in [0.1, 0.15) is 10.7 Å². The van der Waals surface area contributed by atoms with Crippen LogP contribution in [0.2, 0.25) is 0 Å². The van der Waals surface area contributed by atoms with E-state index in [2.05, 4.69) is 11.9 Å². The van der Waals surface area contributed by atoms with Crippen molar-refractivity contribution in [1.82, 2.24) is 9.55 Å². The predicted octanol–water partition coefficient (Wildman–Crippen LogP) is 4.72. The Morgan fingerprint density at radius 1 is 1.15 bits per heavy atom. The van der Waals surface area contributed by atoms with Crippen molar-refractivity contribution in [3.05, 3.63) is 63.0 Å². The fraction of sp³-hybridized carbons (Fsp3) is 0.381. The van der Waals surface area contributed by atoms with Gasteiger partial charge in [-0.15, -0.1) is 11.3 Å². The molecule has 2 aromatic heterocycles. The summed E-state index contributed by atoms with van der Waals surface area (Å²) in [6.07, 6.45) is 6.01. The van der Waals surface area contributed by atoms with Crippen molar-refractivity contribution >= 4 is 27.5 Å². The van der Waals surface area contributed by atoms with Crippen LogP contribution in [0, 0.1) is 0 Å². The van der Waals surface area contributed by atoms with Crippen LogP contribution in [0.15, 0.2) is 40.5 Å². The van der Waals surface area contributed by atoms with Crippen LogP contribution in [0.4, 0.5) is 0 Å². The molecule has 3 rings (SSSR count). The average Bonchev–Trinajstić information content (AvgIpc) is 3.09. The van der Waals surface area contributed by atoms with Gasteiger partial charge >= 0.3 is 5.97 Å². The topological polar surface area (TPSA) is 72.2 Å². The number of hydrogen-bond donors (Lipinski definition) is 1. The Morgan fingerprint density at radius 3 is 2.59 bits per heavy atom. The molecule has 5 nitrogen and oxygen atoms in total. The zero-order valence-corrected chi connectivity index (χ0v) is 16.3. The van der Waals surface area contributed by atoms with Crippen LogP contribution in [0.5, 0.6) is 0 Å². The predicted molar refractivity (Wildman–Crippen MR) is 109 cm³/mol. The molecule has 0 saturated carbocycles. The number of carbonyl (C=O) groups is 1. The van der Waals surface area contributed by atoms with Crippen LogP contribution in [0.1, 0.15) is 60.8 Å². The highest BCUT2D eigenvalue weighted by Gasteiger charge is 2.19. The third-order valence-corrected chi connectivity index (χ3v) is 5.57. The standard InChI is InChI=1S/C21H24N2O3S/c1-2-3-4-5-9-12-23-17(13-15-10-7-6-8-11-15)22-19-18(20(23)24)16(14-27-19)21(25)26/h6-8,10-11,14H,2-5,9,12-13H2,1H3,(H,25,26). The van der Waals surface area contributed by atoms with Gasteiger partial charge in [0.25, 0.3) is 5.56 Å². The lowest BCUT2D eigenvalue weighted by atomic mass is 10.1. The molecule has 0 amide bonds. The van der Waals surface area contributed by atoms with Crippen molar-refractivity contribution in [2.45, 2.75) is 52.0 Å². The number of thiophene rings is 1. The fourth-order valence-corrected chi connectivity index (χ4v) is 4.16. The highest BCUT2D eigenvalue weighted by Crippen LogP contribution is 2.23. The van der Waals surface area contributed by atoms with Gasteiger partial charge in [-0.3, -0.25) is 9.36 Å². The van der Waals surface area contributed by atoms with Gasteiger partial charge < -0.3 is 5.11 Å². The maximum atomic E-state index is 13.1. The monoisotopic (exact) mass is 384 g/mol. The molecule has 0 radical (unpaired) electrons. The van der Waals surface area contributed by atoms with Crippen molar-refractivity contribution in [2.75, 3.05) is 0 Å². The number of carboxylic acids is 1. The molecule has 142 valence electrons. The van der Waals surface area contributed by atoms with E-state index in [-0.39, 0.29) is 16.5 Å². The van der Waals surface area contributed by atoms with Gasteiger partial charge in [0.05, 0.1) is 10.9 Å². The summed E-state index contributed by atoms with van der Waals surface area (Å²) in [7, 11) is 0. The molecule has 0 fully saturated rings. The second kappa shape index (κ2) is 8.95. The molecule has 1 N–H and O–H groups in total. The van der Waals surface area contributed by atoms with Gasteiger partial charge in [0, 0.05) is 18.3 Å². The molecule has 0 atom stereocenters. The number of aromatic nitrogens is 2. The van der Waals surface area contributed by atoms with E-state index in [1.165, 1.54) is 29.6 Å². The maximum Gasteiger partial charge on any atom is 0.337 e. The van der Waals surface area contributed by atoms with Gasteiger partial charge in [0.2, 0.25) is 0 Å². The molecule has 2 heterocycles. The van der Waals surface area contributed by atoms with Crippen molar-refractivity contribution in [1.29, 1.82) is 0 Å². The highest BCUT2D eigenvalue weighted by atomic mass is 32.1. The number of rotatable bonds is 9. The van der Waals surface area contributed by atoms with Gasteiger partial charge in [-0.25, -0.2) is 9.78 Å². The third-order valence-electron chi connectivity index (χ3n) is 4.69. The first kappa shape index (κ1) is 19.3. The lowest BCUT2D eigenvalue weighted by molar-refractivity contribution is 0.0699. The van der Waals surface area contributed by atoms with Crippen LogP contribution in [-0.2, 0) is 13.0 Å². The van der Waals surface area contributed by atoms with E-state index < -0.39 is 5.97 Å². The SMILES string of the molecule is CCCCCCCn1c(Cc2ccccc2)nc2scc(C(=O)O)c2c1=O. The summed E-state index contributed by atoms with van der Waals surface area (Å²) in [5.41, 5.74) is 0.900. The second-order valence-corrected chi connectivity index (χ2v) is 7.55. The Kier molecular flexibility index (Phi) is 6.40. The average molecular weight is 385 g/mol. The normalized spacial score (nSPS) is 11.1. The van der Waals surface area contributed by atoms with E-state index >= 15 is 0 Å². The third kappa shape index (κ3) is 4.45. The van der Waals surface area contributed by atoms with E-state index in [9.17, 15) is 14.7 Å². The molecule has 0 aliphatic heterocycles. The Hall–Kier alpha value is -2.47. The highest BCUT2D eigenvalue weighted by molar-refractivity contribution is 7.17. The number of carboxylic acid groups (broad SMARTS) is 1. The summed E-state index contributed by atoms with van der Waals surface area (Å²) in [6.45, 7) is 2.74. The van der Waals surface area contributed by atoms with Crippen LogP contribution in [-0.4, -0.2) is 20.6 Å². The summed E-state index contributed by atoms with van der Waals surface area (Å²) in [4.78, 5) is 29.8. The number of aromatic carboxylic acids is 1. The van der Waals surface area contributed by atoms with E-state index in [1.54, 1.807) is 4.57 Å². The number of unbranched alkanes of at least 4 members (excludes halogenated alkanes) is 4. The molecule has 0 aliphatic carbocycles. The van der Waals surface area contributed by atoms with Crippen molar-refractivity contribution in [3.8, 4) is 0 Å².